The molecule has 0 aliphatic carbocycles. The number of nitrogens with two attached hydrogens (primary N) is 1. The van der Waals surface area contributed by atoms with Crippen LogP contribution in [-0.4, -0.2) is 54.7 Å². The third-order valence-corrected chi connectivity index (χ3v) is 3.87. The highest BCUT2D eigenvalue weighted by Crippen LogP contribution is 2.25. The first-order valence-corrected chi connectivity index (χ1v) is 7.37. The topological polar surface area (TPSA) is 83.7 Å². The summed E-state index contributed by atoms with van der Waals surface area (Å²) in [4.78, 5) is 20.2. The zero-order valence-electron chi connectivity index (χ0n) is 12.2. The molecule has 0 spiro atoms. The van der Waals surface area contributed by atoms with Gasteiger partial charge < -0.3 is 25.6 Å². The highest BCUT2D eigenvalue weighted by atomic mass is 16.5. The molecule has 0 saturated carbocycles. The van der Waals surface area contributed by atoms with E-state index in [2.05, 4.69) is 15.2 Å². The third-order valence-electron chi connectivity index (χ3n) is 3.87. The maximum Gasteiger partial charge on any atom is 0.317 e. The molecule has 1 atom stereocenters. The number of nitrogens with zero attached hydrogens (tertiary/aromatic N) is 3. The second-order valence-electron chi connectivity index (χ2n) is 5.39. The summed E-state index contributed by atoms with van der Waals surface area (Å²) in [6, 6.07) is 3.99. The van der Waals surface area contributed by atoms with Gasteiger partial charge in [-0.05, 0) is 18.6 Å². The molecule has 0 aromatic carbocycles. The number of rotatable bonds is 4. The van der Waals surface area contributed by atoms with Gasteiger partial charge in [-0.1, -0.05) is 6.92 Å². The van der Waals surface area contributed by atoms with E-state index >= 15 is 0 Å². The Balaban J connectivity index is 1.73. The number of pyridine rings is 1. The Morgan fingerprint density at radius 1 is 1.48 bits per heavy atom. The maximum atomic E-state index is 11.6. The van der Waals surface area contributed by atoms with Gasteiger partial charge in [0.2, 0.25) is 5.88 Å². The smallest absolute Gasteiger partial charge is 0.317 e. The maximum absolute atomic E-state index is 11.6. The first-order valence-electron chi connectivity index (χ1n) is 7.37. The van der Waals surface area contributed by atoms with Crippen LogP contribution in [0.15, 0.2) is 12.1 Å². The number of carbonyl (C=O) groups excluding carboxylic acids is 1. The number of nitrogens with one attached hydrogen (secondary N) is 1. The molecule has 0 radical (unpaired) electrons. The van der Waals surface area contributed by atoms with Gasteiger partial charge in [0.25, 0.3) is 0 Å². The van der Waals surface area contributed by atoms with E-state index in [0.717, 1.165) is 25.3 Å². The molecule has 2 amide bonds. The number of nitrogen functional groups attached to an aromatic ring is 1. The Kier molecular flexibility index (Phi) is 3.72. The monoisotopic (exact) mass is 291 g/mol. The van der Waals surface area contributed by atoms with Crippen LogP contribution in [0.25, 0.3) is 0 Å². The summed E-state index contributed by atoms with van der Waals surface area (Å²) in [5.74, 6) is 1.35. The number of hydrogen-bond donors (Lipinski definition) is 2. The Morgan fingerprint density at radius 3 is 3.14 bits per heavy atom. The van der Waals surface area contributed by atoms with Gasteiger partial charge in [0.1, 0.15) is 5.82 Å². The zero-order valence-corrected chi connectivity index (χ0v) is 12.2. The van der Waals surface area contributed by atoms with Gasteiger partial charge in [0.15, 0.2) is 0 Å². The Hall–Kier alpha value is -2.18. The average molecular weight is 291 g/mol. The van der Waals surface area contributed by atoms with E-state index in [1.54, 1.807) is 0 Å². The summed E-state index contributed by atoms with van der Waals surface area (Å²) in [6.07, 6.45) is 0.917. The molecule has 0 bridgehead atoms. The fourth-order valence-electron chi connectivity index (χ4n) is 2.74. The predicted molar refractivity (Wildman–Crippen MR) is 80.5 cm³/mol. The van der Waals surface area contributed by atoms with Gasteiger partial charge in [-0.25, -0.2) is 4.79 Å². The average Bonchev–Trinajstić information content (AvgIpc) is 2.87. The summed E-state index contributed by atoms with van der Waals surface area (Å²) >= 11 is 0. The molecule has 114 valence electrons. The number of ether oxygens (including phenoxy) is 1. The lowest BCUT2D eigenvalue weighted by molar-refractivity contribution is 0.197. The predicted octanol–water partition coefficient (Wildman–Crippen LogP) is 0.666. The summed E-state index contributed by atoms with van der Waals surface area (Å²) in [5, 5.41) is 2.88. The second-order valence-corrected chi connectivity index (χ2v) is 5.39. The van der Waals surface area contributed by atoms with Crippen molar-refractivity contribution in [3.63, 3.8) is 0 Å². The summed E-state index contributed by atoms with van der Waals surface area (Å²) in [6.45, 7) is 5.62. The van der Waals surface area contributed by atoms with Crippen molar-refractivity contribution in [1.82, 2.24) is 15.2 Å². The van der Waals surface area contributed by atoms with Crippen molar-refractivity contribution >= 4 is 17.5 Å². The van der Waals surface area contributed by atoms with Crippen LogP contribution in [0.1, 0.15) is 13.3 Å². The quantitative estimate of drug-likeness (QED) is 0.851. The first-order chi connectivity index (χ1) is 10.2. The molecular formula is C14H21N5O2. The minimum atomic E-state index is 0.0388. The Morgan fingerprint density at radius 2 is 2.33 bits per heavy atom. The van der Waals surface area contributed by atoms with Crippen molar-refractivity contribution in [3.8, 4) is 5.88 Å². The number of urea groups is 1. The lowest BCUT2D eigenvalue weighted by Gasteiger charge is -2.37. The van der Waals surface area contributed by atoms with Crippen LogP contribution in [0.2, 0.25) is 0 Å². The molecule has 3 heterocycles. The van der Waals surface area contributed by atoms with Gasteiger partial charge in [0, 0.05) is 26.2 Å². The summed E-state index contributed by atoms with van der Waals surface area (Å²) in [7, 11) is 0. The van der Waals surface area contributed by atoms with E-state index in [1.165, 1.54) is 0 Å². The van der Waals surface area contributed by atoms with Crippen LogP contribution in [-0.2, 0) is 0 Å². The Bertz CT molecular complexity index is 536. The van der Waals surface area contributed by atoms with Crippen LogP contribution in [0, 0.1) is 0 Å². The first kappa shape index (κ1) is 13.8. The SMILES string of the molecule is CCCOc1nc(N2CCN3C(=O)NCC3C2)ccc1N. The van der Waals surface area contributed by atoms with Crippen LogP contribution in [0.5, 0.6) is 5.88 Å². The highest BCUT2D eigenvalue weighted by molar-refractivity contribution is 5.77. The molecule has 1 unspecified atom stereocenters. The third kappa shape index (κ3) is 2.68. The van der Waals surface area contributed by atoms with E-state index in [9.17, 15) is 4.79 Å². The van der Waals surface area contributed by atoms with Gasteiger partial charge >= 0.3 is 6.03 Å². The molecule has 2 fully saturated rings. The van der Waals surface area contributed by atoms with Crippen molar-refractivity contribution in [3.05, 3.63) is 12.1 Å². The van der Waals surface area contributed by atoms with E-state index in [1.807, 2.05) is 24.0 Å². The molecule has 7 heteroatoms. The lowest BCUT2D eigenvalue weighted by Crippen LogP contribution is -2.52. The number of piperazine rings is 1. The van der Waals surface area contributed by atoms with Gasteiger partial charge in [-0.15, -0.1) is 0 Å². The number of hydrogen-bond acceptors (Lipinski definition) is 5. The molecule has 7 nitrogen and oxygen atoms in total. The molecule has 2 aliphatic rings. The van der Waals surface area contributed by atoms with E-state index in [4.69, 9.17) is 10.5 Å². The molecule has 2 saturated heterocycles. The van der Waals surface area contributed by atoms with Gasteiger partial charge in [-0.2, -0.15) is 4.98 Å². The fraction of sp³-hybridized carbons (Fsp3) is 0.571. The zero-order chi connectivity index (χ0) is 14.8. The number of amides is 2. The number of aromatic nitrogens is 1. The van der Waals surface area contributed by atoms with Crippen LogP contribution in [0.3, 0.4) is 0 Å². The molecule has 1 aromatic heterocycles. The van der Waals surface area contributed by atoms with Gasteiger partial charge in [0.05, 0.1) is 18.3 Å². The highest BCUT2D eigenvalue weighted by Gasteiger charge is 2.35. The summed E-state index contributed by atoms with van der Waals surface area (Å²) in [5.41, 5.74) is 6.45. The molecule has 2 aliphatic heterocycles. The van der Waals surface area contributed by atoms with Crippen molar-refractivity contribution in [2.24, 2.45) is 0 Å². The fourth-order valence-corrected chi connectivity index (χ4v) is 2.74. The summed E-state index contributed by atoms with van der Waals surface area (Å²) < 4.78 is 5.58. The van der Waals surface area contributed by atoms with Crippen molar-refractivity contribution < 1.29 is 9.53 Å². The number of anilines is 2. The lowest BCUT2D eigenvalue weighted by atomic mass is 10.2. The van der Waals surface area contributed by atoms with E-state index in [-0.39, 0.29) is 12.1 Å². The Labute approximate surface area is 124 Å². The van der Waals surface area contributed by atoms with Crippen molar-refractivity contribution in [2.45, 2.75) is 19.4 Å². The molecule has 1 aromatic rings. The molecule has 3 rings (SSSR count). The largest absolute Gasteiger partial charge is 0.476 e. The van der Waals surface area contributed by atoms with Crippen LogP contribution < -0.4 is 20.7 Å². The number of fused-ring (bicyclic) bond motifs is 1. The molecular weight excluding hydrogens is 270 g/mol. The minimum absolute atomic E-state index is 0.0388. The van der Waals surface area contributed by atoms with E-state index in [0.29, 0.717) is 31.3 Å². The van der Waals surface area contributed by atoms with Crippen LogP contribution in [0.4, 0.5) is 16.3 Å². The number of carbonyl (C=O) groups is 1. The normalized spacial score (nSPS) is 21.2. The molecule has 21 heavy (non-hydrogen) atoms. The van der Waals surface area contributed by atoms with E-state index < -0.39 is 0 Å². The standard InChI is InChI=1S/C14H21N5O2/c1-2-7-21-13-11(15)3-4-12(17-13)18-5-6-19-10(9-18)8-16-14(19)20/h3-4,10H,2,5-9,15H2,1H3,(H,16,20). The molecule has 3 N–H and O–H groups in total. The van der Waals surface area contributed by atoms with Gasteiger partial charge in [-0.3, -0.25) is 0 Å². The van der Waals surface area contributed by atoms with Crippen molar-refractivity contribution in [2.75, 3.05) is 43.4 Å². The second kappa shape index (κ2) is 5.67. The minimum Gasteiger partial charge on any atom is -0.476 e. The van der Waals surface area contributed by atoms with Crippen molar-refractivity contribution in [1.29, 1.82) is 0 Å². The van der Waals surface area contributed by atoms with Crippen LogP contribution >= 0.6 is 0 Å².